The van der Waals surface area contributed by atoms with Gasteiger partial charge in [-0.25, -0.2) is 17.6 Å². The second-order valence-electron chi connectivity index (χ2n) is 5.36. The molecule has 1 aliphatic rings. The highest BCUT2D eigenvalue weighted by Crippen LogP contribution is 2.30. The Hall–Kier alpha value is -0.850. The van der Waals surface area contributed by atoms with Crippen molar-refractivity contribution in [2.75, 3.05) is 18.1 Å². The number of carbonyl (C=O) groups is 1. The van der Waals surface area contributed by atoms with E-state index in [9.17, 15) is 17.6 Å². The molecule has 1 N–H and O–H groups in total. The minimum atomic E-state index is -3.19. The second kappa shape index (κ2) is 4.44. The molecule has 1 fully saturated rings. The molecule has 1 saturated heterocycles. The topological polar surface area (TPSA) is 72.5 Å². The highest BCUT2D eigenvalue weighted by atomic mass is 32.2. The van der Waals surface area contributed by atoms with Crippen molar-refractivity contribution in [3.63, 3.8) is 0 Å². The molecule has 5 nitrogen and oxygen atoms in total. The number of hydrogen-bond donors (Lipinski definition) is 1. The molecule has 100 valence electrons. The number of ether oxygens (including phenoxy) is 1. The van der Waals surface area contributed by atoms with Gasteiger partial charge in [0.25, 0.3) is 0 Å². The Morgan fingerprint density at radius 2 is 1.94 bits per heavy atom. The van der Waals surface area contributed by atoms with Gasteiger partial charge in [-0.1, -0.05) is 0 Å². The molecular formula is C10H18FNO4S. The van der Waals surface area contributed by atoms with Gasteiger partial charge in [0.05, 0.1) is 11.5 Å². The average molecular weight is 267 g/mol. The van der Waals surface area contributed by atoms with E-state index in [4.69, 9.17) is 4.74 Å². The monoisotopic (exact) mass is 267 g/mol. The number of sulfone groups is 1. The zero-order valence-corrected chi connectivity index (χ0v) is 11.1. The van der Waals surface area contributed by atoms with Crippen molar-refractivity contribution in [3.8, 4) is 0 Å². The number of halogens is 1. The summed E-state index contributed by atoms with van der Waals surface area (Å²) in [4.78, 5) is 11.2. The maximum absolute atomic E-state index is 13.6. The van der Waals surface area contributed by atoms with Crippen molar-refractivity contribution >= 4 is 15.9 Å². The van der Waals surface area contributed by atoms with Crippen LogP contribution in [0.5, 0.6) is 0 Å². The Balaban J connectivity index is 2.23. The van der Waals surface area contributed by atoms with E-state index in [-0.39, 0.29) is 13.0 Å². The lowest BCUT2D eigenvalue weighted by Crippen LogP contribution is -2.52. The van der Waals surface area contributed by atoms with Gasteiger partial charge in [-0.15, -0.1) is 0 Å². The first-order valence-corrected chi connectivity index (χ1v) is 7.20. The summed E-state index contributed by atoms with van der Waals surface area (Å²) in [7, 11) is -3.19. The summed E-state index contributed by atoms with van der Waals surface area (Å²) in [6.07, 6.45) is -0.630. The molecule has 0 spiro atoms. The average Bonchev–Trinajstić information content (AvgIpc) is 1.95. The van der Waals surface area contributed by atoms with E-state index >= 15 is 0 Å². The molecule has 0 aromatic heterocycles. The van der Waals surface area contributed by atoms with Crippen molar-refractivity contribution in [1.82, 2.24) is 5.32 Å². The minimum Gasteiger partial charge on any atom is -0.444 e. The third-order valence-corrected chi connectivity index (χ3v) is 4.11. The molecule has 0 radical (unpaired) electrons. The van der Waals surface area contributed by atoms with E-state index in [1.165, 1.54) is 0 Å². The summed E-state index contributed by atoms with van der Waals surface area (Å²) in [6.45, 7) is 5.24. The predicted molar refractivity (Wildman–Crippen MR) is 61.3 cm³/mol. The second-order valence-corrected chi connectivity index (χ2v) is 7.43. The summed E-state index contributed by atoms with van der Waals surface area (Å²) >= 11 is 0. The van der Waals surface area contributed by atoms with E-state index in [0.717, 1.165) is 0 Å². The predicted octanol–water partition coefficient (Wildman–Crippen LogP) is 1.04. The van der Waals surface area contributed by atoms with E-state index in [2.05, 4.69) is 5.32 Å². The molecule has 0 saturated carbocycles. The van der Waals surface area contributed by atoms with Crippen molar-refractivity contribution in [3.05, 3.63) is 0 Å². The van der Waals surface area contributed by atoms with Gasteiger partial charge in [-0.05, 0) is 20.8 Å². The van der Waals surface area contributed by atoms with E-state index in [0.29, 0.717) is 0 Å². The van der Waals surface area contributed by atoms with Crippen LogP contribution in [-0.2, 0) is 14.6 Å². The van der Waals surface area contributed by atoms with E-state index in [1.807, 2.05) is 0 Å². The van der Waals surface area contributed by atoms with E-state index < -0.39 is 38.7 Å². The molecule has 0 bridgehead atoms. The lowest BCUT2D eigenvalue weighted by atomic mass is 10.1. The maximum Gasteiger partial charge on any atom is 0.407 e. The van der Waals surface area contributed by atoms with Gasteiger partial charge >= 0.3 is 6.09 Å². The Bertz CT molecular complexity index is 387. The maximum atomic E-state index is 13.6. The molecule has 0 aliphatic carbocycles. The fourth-order valence-electron chi connectivity index (χ4n) is 1.59. The van der Waals surface area contributed by atoms with E-state index in [1.54, 1.807) is 20.8 Å². The van der Waals surface area contributed by atoms with Crippen LogP contribution in [0.3, 0.4) is 0 Å². The summed E-state index contributed by atoms with van der Waals surface area (Å²) in [5, 5.41) is 2.39. The van der Waals surface area contributed by atoms with Crippen molar-refractivity contribution < 1.29 is 22.3 Å². The van der Waals surface area contributed by atoms with Gasteiger partial charge in [0.15, 0.2) is 9.84 Å². The highest BCUT2D eigenvalue weighted by molar-refractivity contribution is 7.93. The summed E-state index contributed by atoms with van der Waals surface area (Å²) < 4.78 is 40.2. The third kappa shape index (κ3) is 4.89. The molecule has 1 amide bonds. The SMILES string of the molecule is CC(C)(C)OC(=O)NCCC1(F)CS(=O)(=O)C1. The van der Waals surface area contributed by atoms with Gasteiger partial charge < -0.3 is 10.1 Å². The first-order chi connectivity index (χ1) is 7.52. The quantitative estimate of drug-likeness (QED) is 0.829. The Labute approximate surface area is 101 Å². The first kappa shape index (κ1) is 14.2. The molecular weight excluding hydrogens is 249 g/mol. The van der Waals surface area contributed by atoms with Crippen LogP contribution in [-0.4, -0.2) is 43.8 Å². The van der Waals surface area contributed by atoms with Crippen LogP contribution in [0.4, 0.5) is 9.18 Å². The number of rotatable bonds is 3. The lowest BCUT2D eigenvalue weighted by molar-refractivity contribution is 0.0518. The summed E-state index contributed by atoms with van der Waals surface area (Å²) in [5.41, 5.74) is -2.29. The molecule has 0 aromatic carbocycles. The van der Waals surface area contributed by atoms with Crippen LogP contribution in [0.15, 0.2) is 0 Å². The number of hydrogen-bond acceptors (Lipinski definition) is 4. The molecule has 1 rings (SSSR count). The van der Waals surface area contributed by atoms with Crippen LogP contribution in [0.2, 0.25) is 0 Å². The zero-order chi connectivity index (χ0) is 13.3. The van der Waals surface area contributed by atoms with Crippen LogP contribution < -0.4 is 5.32 Å². The number of amides is 1. The van der Waals surface area contributed by atoms with Gasteiger partial charge in [0.1, 0.15) is 11.3 Å². The molecule has 0 unspecified atom stereocenters. The molecule has 17 heavy (non-hydrogen) atoms. The number of carbonyl (C=O) groups excluding carboxylic acids is 1. The number of alkyl carbamates (subject to hydrolysis) is 1. The fourth-order valence-corrected chi connectivity index (χ4v) is 3.37. The van der Waals surface area contributed by atoms with Crippen molar-refractivity contribution in [2.24, 2.45) is 0 Å². The van der Waals surface area contributed by atoms with Crippen LogP contribution in [0.1, 0.15) is 27.2 Å². The normalized spacial score (nSPS) is 21.4. The standard InChI is InChI=1S/C10H18FNO4S/c1-9(2,3)16-8(13)12-5-4-10(11)6-17(14,15)7-10/h4-7H2,1-3H3,(H,12,13). The number of nitrogens with one attached hydrogen (secondary N) is 1. The van der Waals surface area contributed by atoms with Gasteiger partial charge in [-0.3, -0.25) is 0 Å². The molecule has 0 aromatic rings. The first-order valence-electron chi connectivity index (χ1n) is 5.38. The molecule has 1 heterocycles. The van der Waals surface area contributed by atoms with Gasteiger partial charge in [0.2, 0.25) is 0 Å². The summed E-state index contributed by atoms with van der Waals surface area (Å²) in [6, 6.07) is 0. The fraction of sp³-hybridized carbons (Fsp3) is 0.900. The Morgan fingerprint density at radius 3 is 2.35 bits per heavy atom. The van der Waals surface area contributed by atoms with Crippen molar-refractivity contribution in [1.29, 1.82) is 0 Å². The lowest BCUT2D eigenvalue weighted by Gasteiger charge is -2.33. The smallest absolute Gasteiger partial charge is 0.407 e. The molecule has 7 heteroatoms. The van der Waals surface area contributed by atoms with Crippen molar-refractivity contribution in [2.45, 2.75) is 38.5 Å². The Morgan fingerprint density at radius 1 is 1.41 bits per heavy atom. The number of alkyl halides is 1. The molecule has 0 atom stereocenters. The third-order valence-electron chi connectivity index (χ3n) is 2.20. The van der Waals surface area contributed by atoms with Gasteiger partial charge in [-0.2, -0.15) is 0 Å². The Kier molecular flexibility index (Phi) is 3.71. The molecule has 1 aliphatic heterocycles. The minimum absolute atomic E-state index is 0.00846. The van der Waals surface area contributed by atoms with Crippen LogP contribution in [0.25, 0.3) is 0 Å². The van der Waals surface area contributed by atoms with Crippen LogP contribution >= 0.6 is 0 Å². The van der Waals surface area contributed by atoms with Crippen LogP contribution in [0, 0.1) is 0 Å². The zero-order valence-electron chi connectivity index (χ0n) is 10.2. The largest absolute Gasteiger partial charge is 0.444 e. The van der Waals surface area contributed by atoms with Gasteiger partial charge in [0, 0.05) is 13.0 Å². The highest BCUT2D eigenvalue weighted by Gasteiger charge is 2.48. The summed E-state index contributed by atoms with van der Waals surface area (Å²) in [5.74, 6) is -0.897.